The van der Waals surface area contributed by atoms with Crippen LogP contribution in [0.4, 0.5) is 0 Å². The highest BCUT2D eigenvalue weighted by Gasteiger charge is 2.22. The number of hydrogen-bond donors (Lipinski definition) is 1. The zero-order chi connectivity index (χ0) is 9.90. The molecule has 1 unspecified atom stereocenters. The first-order chi connectivity index (χ1) is 6.06. The summed E-state index contributed by atoms with van der Waals surface area (Å²) in [6.45, 7) is 2.01. The molecule has 0 spiro atoms. The molecule has 0 bridgehead atoms. The van der Waals surface area contributed by atoms with Gasteiger partial charge in [-0.1, -0.05) is 13.0 Å². The molecule has 0 aromatic carbocycles. The molecule has 0 radical (unpaired) electrons. The second-order valence-electron chi connectivity index (χ2n) is 2.48. The normalized spacial score (nSPS) is 22.2. The van der Waals surface area contributed by atoms with Crippen molar-refractivity contribution in [1.82, 2.24) is 4.72 Å². The molecule has 0 aromatic rings. The molecule has 13 heavy (non-hydrogen) atoms. The molecular formula is C7H10N2O3S. The summed E-state index contributed by atoms with van der Waals surface area (Å²) in [6, 6.07) is 0. The van der Waals surface area contributed by atoms with Crippen LogP contribution in [0.25, 0.3) is 0 Å². The molecule has 1 amide bonds. The first kappa shape index (κ1) is 10.1. The van der Waals surface area contributed by atoms with Crippen LogP contribution in [0, 0.1) is 0 Å². The topological polar surface area (TPSA) is 75.6 Å². The number of nitrogens with zero attached hydrogens (tertiary/aromatic N) is 1. The molecular weight excluding hydrogens is 192 g/mol. The van der Waals surface area contributed by atoms with Crippen LogP contribution in [0.1, 0.15) is 6.92 Å². The van der Waals surface area contributed by atoms with E-state index in [2.05, 4.69) is 9.71 Å². The fourth-order valence-corrected chi connectivity index (χ4v) is 2.00. The summed E-state index contributed by atoms with van der Waals surface area (Å²) in [6.07, 6.45) is 3.59. The van der Waals surface area contributed by atoms with Gasteiger partial charge in [0.2, 0.25) is 10.0 Å². The summed E-state index contributed by atoms with van der Waals surface area (Å²) in [5.74, 6) is -0.428. The van der Waals surface area contributed by atoms with Crippen molar-refractivity contribution in [2.45, 2.75) is 12.2 Å². The lowest BCUT2D eigenvalue weighted by molar-refractivity contribution is -0.113. The zero-order valence-electron chi connectivity index (χ0n) is 7.10. The van der Waals surface area contributed by atoms with Crippen LogP contribution in [0.3, 0.4) is 0 Å². The van der Waals surface area contributed by atoms with Crippen LogP contribution >= 0.6 is 0 Å². The smallest absolute Gasteiger partial charge is 0.268 e. The summed E-state index contributed by atoms with van der Waals surface area (Å²) < 4.78 is 25.0. The van der Waals surface area contributed by atoms with Gasteiger partial charge in [0.25, 0.3) is 5.91 Å². The quantitative estimate of drug-likeness (QED) is 0.668. The van der Waals surface area contributed by atoms with Gasteiger partial charge < -0.3 is 0 Å². The number of hydrogen-bond acceptors (Lipinski definition) is 3. The predicted molar refractivity (Wildman–Crippen MR) is 49.0 cm³/mol. The molecule has 0 saturated heterocycles. The molecule has 0 fully saturated rings. The Labute approximate surface area is 76.6 Å². The average molecular weight is 202 g/mol. The molecule has 0 aromatic heterocycles. The minimum absolute atomic E-state index is 0.328. The number of carbonyl (C=O) groups excluding carboxylic acids is 1. The van der Waals surface area contributed by atoms with E-state index in [-0.39, 0.29) is 0 Å². The van der Waals surface area contributed by atoms with Crippen molar-refractivity contribution in [3.8, 4) is 0 Å². The summed E-state index contributed by atoms with van der Waals surface area (Å²) in [5, 5.41) is -0.829. The SMILES string of the molecule is CCNS(=O)(=O)C1C=CC(=O)N=C1. The molecule has 1 aliphatic rings. The maximum Gasteiger partial charge on any atom is 0.269 e. The summed E-state index contributed by atoms with van der Waals surface area (Å²) in [7, 11) is -3.40. The highest BCUT2D eigenvalue weighted by Crippen LogP contribution is 2.03. The van der Waals surface area contributed by atoms with Crippen LogP contribution in [0.5, 0.6) is 0 Å². The highest BCUT2D eigenvalue weighted by atomic mass is 32.2. The third-order valence-corrected chi connectivity index (χ3v) is 3.17. The Hall–Kier alpha value is -1.01. The number of dihydropyridines is 1. The van der Waals surface area contributed by atoms with E-state index in [0.717, 1.165) is 12.3 Å². The van der Waals surface area contributed by atoms with Crippen molar-refractivity contribution in [1.29, 1.82) is 0 Å². The Morgan fingerprint density at radius 2 is 2.31 bits per heavy atom. The van der Waals surface area contributed by atoms with Crippen molar-refractivity contribution < 1.29 is 13.2 Å². The van der Waals surface area contributed by atoms with Crippen LogP contribution in [0.15, 0.2) is 17.1 Å². The Bertz CT molecular complexity index is 340. The van der Waals surface area contributed by atoms with Gasteiger partial charge in [-0.25, -0.2) is 18.1 Å². The van der Waals surface area contributed by atoms with Crippen LogP contribution < -0.4 is 4.72 Å². The molecule has 72 valence electrons. The standard InChI is InChI=1S/C7H10N2O3S/c1-2-9-13(11,12)6-3-4-7(10)8-5-6/h3-6,9H,2H2,1H3. The van der Waals surface area contributed by atoms with Gasteiger partial charge in [0, 0.05) is 18.8 Å². The third kappa shape index (κ3) is 2.46. The van der Waals surface area contributed by atoms with Gasteiger partial charge in [0.05, 0.1) is 0 Å². The lowest BCUT2D eigenvalue weighted by atomic mass is 10.3. The van der Waals surface area contributed by atoms with E-state index >= 15 is 0 Å². The van der Waals surface area contributed by atoms with Crippen molar-refractivity contribution >= 4 is 22.1 Å². The fourth-order valence-electron chi connectivity index (χ4n) is 0.898. The largest absolute Gasteiger partial charge is 0.269 e. The Balaban J connectivity index is 2.81. The van der Waals surface area contributed by atoms with Crippen molar-refractivity contribution in [2.24, 2.45) is 4.99 Å². The summed E-state index contributed by atoms with van der Waals surface area (Å²) >= 11 is 0. The van der Waals surface area contributed by atoms with Crippen LogP contribution in [0.2, 0.25) is 0 Å². The second kappa shape index (κ2) is 3.80. The maximum absolute atomic E-state index is 11.3. The van der Waals surface area contributed by atoms with E-state index in [1.165, 1.54) is 6.08 Å². The monoisotopic (exact) mass is 202 g/mol. The lowest BCUT2D eigenvalue weighted by Gasteiger charge is -2.10. The third-order valence-electron chi connectivity index (χ3n) is 1.48. The Morgan fingerprint density at radius 3 is 2.77 bits per heavy atom. The molecule has 1 rings (SSSR count). The number of sulfonamides is 1. The van der Waals surface area contributed by atoms with E-state index in [9.17, 15) is 13.2 Å². The van der Waals surface area contributed by atoms with Crippen LogP contribution in [-0.4, -0.2) is 32.3 Å². The van der Waals surface area contributed by atoms with Gasteiger partial charge in [0.1, 0.15) is 5.25 Å². The van der Waals surface area contributed by atoms with Crippen LogP contribution in [-0.2, 0) is 14.8 Å². The van der Waals surface area contributed by atoms with Gasteiger partial charge in [-0.3, -0.25) is 4.79 Å². The van der Waals surface area contributed by atoms with Gasteiger partial charge in [0.15, 0.2) is 0 Å². The zero-order valence-corrected chi connectivity index (χ0v) is 7.91. The van der Waals surface area contributed by atoms with Gasteiger partial charge in [-0.2, -0.15) is 0 Å². The van der Waals surface area contributed by atoms with Crippen molar-refractivity contribution in [2.75, 3.05) is 6.54 Å². The lowest BCUT2D eigenvalue weighted by Crippen LogP contribution is -2.35. The van der Waals surface area contributed by atoms with E-state index < -0.39 is 21.2 Å². The molecule has 1 N–H and O–H groups in total. The van der Waals surface area contributed by atoms with E-state index in [1.54, 1.807) is 6.92 Å². The predicted octanol–water partition coefficient (Wildman–Crippen LogP) is -0.539. The van der Waals surface area contributed by atoms with E-state index in [0.29, 0.717) is 6.54 Å². The molecule has 1 aliphatic heterocycles. The van der Waals surface area contributed by atoms with E-state index in [1.807, 2.05) is 0 Å². The van der Waals surface area contributed by atoms with Gasteiger partial charge >= 0.3 is 0 Å². The van der Waals surface area contributed by atoms with E-state index in [4.69, 9.17) is 0 Å². The Kier molecular flexibility index (Phi) is 2.94. The molecule has 5 nitrogen and oxygen atoms in total. The minimum Gasteiger partial charge on any atom is -0.268 e. The van der Waals surface area contributed by atoms with Crippen molar-refractivity contribution in [3.05, 3.63) is 12.2 Å². The number of nitrogens with one attached hydrogen (secondary N) is 1. The summed E-state index contributed by atoms with van der Waals surface area (Å²) in [4.78, 5) is 14.0. The van der Waals surface area contributed by atoms with Gasteiger partial charge in [-0.15, -0.1) is 0 Å². The maximum atomic E-state index is 11.3. The molecule has 1 atom stereocenters. The molecule has 1 heterocycles. The minimum atomic E-state index is -3.40. The Morgan fingerprint density at radius 1 is 1.62 bits per heavy atom. The fraction of sp³-hybridized carbons (Fsp3) is 0.429. The number of amides is 1. The number of carbonyl (C=O) groups is 1. The first-order valence-corrected chi connectivity index (χ1v) is 5.35. The molecule has 0 saturated carbocycles. The highest BCUT2D eigenvalue weighted by molar-refractivity contribution is 7.91. The van der Waals surface area contributed by atoms with Gasteiger partial charge in [-0.05, 0) is 0 Å². The number of rotatable bonds is 3. The summed E-state index contributed by atoms with van der Waals surface area (Å²) in [5.41, 5.74) is 0. The number of aliphatic imine (C=N–C) groups is 1. The average Bonchev–Trinajstić information content (AvgIpc) is 2.05. The second-order valence-corrected chi connectivity index (χ2v) is 4.41. The first-order valence-electron chi connectivity index (χ1n) is 3.81. The van der Waals surface area contributed by atoms with Crippen molar-refractivity contribution in [3.63, 3.8) is 0 Å². The molecule has 0 aliphatic carbocycles. The molecule has 6 heteroatoms.